The Morgan fingerprint density at radius 3 is 2.59 bits per heavy atom. The van der Waals surface area contributed by atoms with Crippen molar-refractivity contribution >= 4 is 5.91 Å². The molecule has 17 heavy (non-hydrogen) atoms. The largest absolute Gasteiger partial charge is 0.352 e. The van der Waals surface area contributed by atoms with Gasteiger partial charge in [-0.25, -0.2) is 0 Å². The molecule has 0 aromatic heterocycles. The summed E-state index contributed by atoms with van der Waals surface area (Å²) in [5.74, 6) is 0.233. The molecule has 1 heterocycles. The van der Waals surface area contributed by atoms with Gasteiger partial charge < -0.3 is 10.6 Å². The Labute approximate surface area is 106 Å². The van der Waals surface area contributed by atoms with E-state index in [0.29, 0.717) is 6.04 Å². The van der Waals surface area contributed by atoms with Crippen LogP contribution >= 0.6 is 0 Å². The highest BCUT2D eigenvalue weighted by atomic mass is 16.2. The van der Waals surface area contributed by atoms with Crippen LogP contribution in [0.1, 0.15) is 65.7 Å². The number of amides is 1. The van der Waals surface area contributed by atoms with Gasteiger partial charge in [0.2, 0.25) is 5.91 Å². The van der Waals surface area contributed by atoms with Crippen LogP contribution in [-0.4, -0.2) is 24.0 Å². The van der Waals surface area contributed by atoms with Crippen LogP contribution in [-0.2, 0) is 4.79 Å². The van der Waals surface area contributed by atoms with Gasteiger partial charge in [0.05, 0.1) is 5.54 Å². The van der Waals surface area contributed by atoms with Crippen LogP contribution in [0.5, 0.6) is 0 Å². The summed E-state index contributed by atoms with van der Waals surface area (Å²) < 4.78 is 0. The van der Waals surface area contributed by atoms with Crippen LogP contribution in [0.25, 0.3) is 0 Å². The van der Waals surface area contributed by atoms with Crippen LogP contribution in [0.3, 0.4) is 0 Å². The highest BCUT2D eigenvalue weighted by molar-refractivity contribution is 5.86. The minimum atomic E-state index is -0.268. The van der Waals surface area contributed by atoms with E-state index >= 15 is 0 Å². The highest BCUT2D eigenvalue weighted by Gasteiger charge is 2.40. The molecule has 0 aliphatic carbocycles. The molecule has 0 aromatic carbocycles. The minimum absolute atomic E-state index is 0.233. The highest BCUT2D eigenvalue weighted by Crippen LogP contribution is 2.25. The number of carbonyl (C=O) groups excluding carboxylic acids is 1. The molecule has 0 spiro atoms. The summed E-state index contributed by atoms with van der Waals surface area (Å²) in [4.78, 5) is 12.4. The second-order valence-electron chi connectivity index (χ2n) is 5.23. The quantitative estimate of drug-likeness (QED) is 0.718. The van der Waals surface area contributed by atoms with Gasteiger partial charge in [0.25, 0.3) is 0 Å². The standard InChI is InChI=1S/C14H28N2O/c1-4-8-12(6-3)16-13(17)14(9-5-2)10-7-11-15-14/h12,15H,4-11H2,1-3H3,(H,16,17). The maximum atomic E-state index is 12.4. The van der Waals surface area contributed by atoms with Gasteiger partial charge in [-0.05, 0) is 38.6 Å². The SMILES string of the molecule is CCCC(CC)NC(=O)C1(CCC)CCCN1. The molecule has 2 atom stereocenters. The first-order chi connectivity index (χ1) is 8.18. The summed E-state index contributed by atoms with van der Waals surface area (Å²) in [6, 6.07) is 0.351. The zero-order chi connectivity index (χ0) is 12.7. The second kappa shape index (κ2) is 7.00. The second-order valence-corrected chi connectivity index (χ2v) is 5.23. The fraction of sp³-hybridized carbons (Fsp3) is 0.929. The molecule has 0 radical (unpaired) electrons. The zero-order valence-electron chi connectivity index (χ0n) is 11.6. The predicted octanol–water partition coefficient (Wildman–Crippen LogP) is 2.60. The monoisotopic (exact) mass is 240 g/mol. The number of nitrogens with one attached hydrogen (secondary N) is 2. The fourth-order valence-electron chi connectivity index (χ4n) is 2.80. The Hall–Kier alpha value is -0.570. The van der Waals surface area contributed by atoms with Crippen molar-refractivity contribution in [2.75, 3.05) is 6.54 Å². The molecule has 2 unspecified atom stereocenters. The molecule has 0 bridgehead atoms. The fourth-order valence-corrected chi connectivity index (χ4v) is 2.80. The summed E-state index contributed by atoms with van der Waals surface area (Å²) in [5.41, 5.74) is -0.268. The number of hydrogen-bond acceptors (Lipinski definition) is 2. The summed E-state index contributed by atoms with van der Waals surface area (Å²) in [6.07, 6.45) is 7.39. The van der Waals surface area contributed by atoms with Gasteiger partial charge in [-0.15, -0.1) is 0 Å². The Morgan fingerprint density at radius 2 is 2.12 bits per heavy atom. The first-order valence-corrected chi connectivity index (χ1v) is 7.24. The lowest BCUT2D eigenvalue weighted by Gasteiger charge is -2.30. The van der Waals surface area contributed by atoms with Gasteiger partial charge in [-0.2, -0.15) is 0 Å². The van der Waals surface area contributed by atoms with Crippen molar-refractivity contribution in [3.8, 4) is 0 Å². The molecule has 1 saturated heterocycles. The number of carbonyl (C=O) groups is 1. The van der Waals surface area contributed by atoms with Gasteiger partial charge in [0.15, 0.2) is 0 Å². The van der Waals surface area contributed by atoms with Crippen LogP contribution < -0.4 is 10.6 Å². The lowest BCUT2D eigenvalue weighted by molar-refractivity contribution is -0.128. The molecule has 2 N–H and O–H groups in total. The van der Waals surface area contributed by atoms with E-state index in [0.717, 1.165) is 51.5 Å². The summed E-state index contributed by atoms with van der Waals surface area (Å²) >= 11 is 0. The van der Waals surface area contributed by atoms with E-state index in [1.807, 2.05) is 0 Å². The topological polar surface area (TPSA) is 41.1 Å². The van der Waals surface area contributed by atoms with Gasteiger partial charge in [-0.3, -0.25) is 4.79 Å². The van der Waals surface area contributed by atoms with Crippen molar-refractivity contribution in [2.24, 2.45) is 0 Å². The van der Waals surface area contributed by atoms with E-state index in [-0.39, 0.29) is 11.4 Å². The Balaban J connectivity index is 2.58. The summed E-state index contributed by atoms with van der Waals surface area (Å²) in [6.45, 7) is 7.45. The molecule has 1 fully saturated rings. The molecule has 3 heteroatoms. The van der Waals surface area contributed by atoms with Gasteiger partial charge in [0, 0.05) is 6.04 Å². The van der Waals surface area contributed by atoms with Crippen molar-refractivity contribution < 1.29 is 4.79 Å². The van der Waals surface area contributed by atoms with E-state index < -0.39 is 0 Å². The average Bonchev–Trinajstić information content (AvgIpc) is 2.78. The average molecular weight is 240 g/mol. The molecule has 100 valence electrons. The smallest absolute Gasteiger partial charge is 0.240 e. The number of rotatable bonds is 7. The van der Waals surface area contributed by atoms with E-state index in [2.05, 4.69) is 31.4 Å². The zero-order valence-corrected chi connectivity index (χ0v) is 11.6. The van der Waals surface area contributed by atoms with E-state index in [1.165, 1.54) is 0 Å². The van der Waals surface area contributed by atoms with Crippen LogP contribution in [0.4, 0.5) is 0 Å². The lowest BCUT2D eigenvalue weighted by Crippen LogP contribution is -2.55. The van der Waals surface area contributed by atoms with Gasteiger partial charge in [0.1, 0.15) is 0 Å². The molecule has 1 aliphatic rings. The molecule has 1 aliphatic heterocycles. The third kappa shape index (κ3) is 3.70. The van der Waals surface area contributed by atoms with Crippen molar-refractivity contribution in [1.29, 1.82) is 0 Å². The first kappa shape index (κ1) is 14.5. The molecular weight excluding hydrogens is 212 g/mol. The van der Waals surface area contributed by atoms with Crippen LogP contribution in [0.2, 0.25) is 0 Å². The van der Waals surface area contributed by atoms with Crippen LogP contribution in [0, 0.1) is 0 Å². The van der Waals surface area contributed by atoms with Crippen molar-refractivity contribution in [2.45, 2.75) is 77.3 Å². The Bertz CT molecular complexity index is 234. The van der Waals surface area contributed by atoms with Crippen molar-refractivity contribution in [1.82, 2.24) is 10.6 Å². The van der Waals surface area contributed by atoms with E-state index in [9.17, 15) is 4.79 Å². The molecular formula is C14H28N2O. The molecule has 3 nitrogen and oxygen atoms in total. The van der Waals surface area contributed by atoms with E-state index in [1.54, 1.807) is 0 Å². The Morgan fingerprint density at radius 1 is 1.35 bits per heavy atom. The maximum Gasteiger partial charge on any atom is 0.240 e. The van der Waals surface area contributed by atoms with Crippen molar-refractivity contribution in [3.05, 3.63) is 0 Å². The summed E-state index contributed by atoms with van der Waals surface area (Å²) in [7, 11) is 0. The van der Waals surface area contributed by atoms with Gasteiger partial charge in [-0.1, -0.05) is 33.6 Å². The number of hydrogen-bond donors (Lipinski definition) is 2. The minimum Gasteiger partial charge on any atom is -0.352 e. The predicted molar refractivity (Wildman–Crippen MR) is 72.0 cm³/mol. The maximum absolute atomic E-state index is 12.4. The molecule has 1 amide bonds. The van der Waals surface area contributed by atoms with Crippen molar-refractivity contribution in [3.63, 3.8) is 0 Å². The van der Waals surface area contributed by atoms with Crippen LogP contribution in [0.15, 0.2) is 0 Å². The Kier molecular flexibility index (Phi) is 5.96. The third-order valence-electron chi connectivity index (χ3n) is 3.82. The first-order valence-electron chi connectivity index (χ1n) is 7.24. The third-order valence-corrected chi connectivity index (χ3v) is 3.82. The molecule has 1 rings (SSSR count). The normalized spacial score (nSPS) is 25.8. The molecule has 0 saturated carbocycles. The molecule has 0 aromatic rings. The van der Waals surface area contributed by atoms with Gasteiger partial charge >= 0.3 is 0 Å². The van der Waals surface area contributed by atoms with E-state index in [4.69, 9.17) is 0 Å². The lowest BCUT2D eigenvalue weighted by atomic mass is 9.90. The summed E-state index contributed by atoms with van der Waals surface area (Å²) in [5, 5.41) is 6.66.